The lowest BCUT2D eigenvalue weighted by Gasteiger charge is -2.57. The lowest BCUT2D eigenvalue weighted by molar-refractivity contribution is -0.0614. The predicted octanol–water partition coefficient (Wildman–Crippen LogP) is 2.30. The number of likely N-dealkylation sites (N-methyl/N-ethyl adjacent to an activating group) is 1. The number of nitrogens with zero attached hydrogens (tertiary/aromatic N) is 2. The molecule has 2 aliphatic rings. The summed E-state index contributed by atoms with van der Waals surface area (Å²) in [6.07, 6.45) is 2.51. The quantitative estimate of drug-likeness (QED) is 0.896. The fraction of sp³-hybridized carbons (Fsp3) is 0.625. The first-order valence-corrected chi connectivity index (χ1v) is 8.30. The van der Waals surface area contributed by atoms with E-state index in [2.05, 4.69) is 57.0 Å². The van der Waals surface area contributed by atoms with Crippen molar-refractivity contribution in [2.45, 2.75) is 30.8 Å². The van der Waals surface area contributed by atoms with Crippen LogP contribution in [0.5, 0.6) is 0 Å². The van der Waals surface area contributed by atoms with E-state index in [1.165, 1.54) is 24.9 Å². The number of rotatable bonds is 2. The molecule has 2 saturated heterocycles. The predicted molar refractivity (Wildman–Crippen MR) is 85.0 cm³/mol. The van der Waals surface area contributed by atoms with Gasteiger partial charge in [-0.15, -0.1) is 0 Å². The highest BCUT2D eigenvalue weighted by Gasteiger charge is 2.48. The average Bonchev–Trinajstić information content (AvgIpc) is 2.42. The van der Waals surface area contributed by atoms with E-state index in [0.717, 1.165) is 17.6 Å². The number of hydrogen-bond acceptors (Lipinski definition) is 3. The standard InChI is InChI=1S/C16H23BrN2O/c1-18-8-2-3-9-19-14(10-18)16(15(19)11-20)12-4-6-13(17)7-5-12/h4-7,14-16,20H,2-3,8-11H2,1H3/t14-,15-,16+/m0/s1. The van der Waals surface area contributed by atoms with Crippen LogP contribution in [0.4, 0.5) is 0 Å². The molecular formula is C16H23BrN2O. The van der Waals surface area contributed by atoms with E-state index in [9.17, 15) is 5.11 Å². The summed E-state index contributed by atoms with van der Waals surface area (Å²) in [4.78, 5) is 4.96. The van der Waals surface area contributed by atoms with E-state index >= 15 is 0 Å². The van der Waals surface area contributed by atoms with Gasteiger partial charge >= 0.3 is 0 Å². The Labute approximate surface area is 129 Å². The first kappa shape index (κ1) is 14.5. The van der Waals surface area contributed by atoms with Gasteiger partial charge in [-0.05, 0) is 50.7 Å². The highest BCUT2D eigenvalue weighted by atomic mass is 79.9. The first-order valence-electron chi connectivity index (χ1n) is 7.51. The second-order valence-electron chi connectivity index (χ2n) is 6.10. The van der Waals surface area contributed by atoms with Gasteiger partial charge in [-0.25, -0.2) is 0 Å². The number of aliphatic hydroxyl groups excluding tert-OH is 1. The molecule has 0 radical (unpaired) electrons. The van der Waals surface area contributed by atoms with E-state index in [4.69, 9.17) is 0 Å². The number of hydrogen-bond donors (Lipinski definition) is 1. The van der Waals surface area contributed by atoms with Crippen molar-refractivity contribution in [3.05, 3.63) is 34.3 Å². The fourth-order valence-corrected chi connectivity index (χ4v) is 4.06. The third kappa shape index (κ3) is 2.67. The van der Waals surface area contributed by atoms with Gasteiger partial charge in [-0.1, -0.05) is 28.1 Å². The molecule has 0 aliphatic carbocycles. The van der Waals surface area contributed by atoms with E-state index in [1.807, 2.05) is 0 Å². The molecule has 0 saturated carbocycles. The van der Waals surface area contributed by atoms with Crippen LogP contribution >= 0.6 is 15.9 Å². The molecule has 110 valence electrons. The molecule has 3 nitrogen and oxygen atoms in total. The van der Waals surface area contributed by atoms with Crippen molar-refractivity contribution in [3.8, 4) is 0 Å². The Bertz CT molecular complexity index is 450. The lowest BCUT2D eigenvalue weighted by Crippen LogP contribution is -2.67. The normalized spacial score (nSPS) is 32.0. The largest absolute Gasteiger partial charge is 0.395 e. The topological polar surface area (TPSA) is 26.7 Å². The van der Waals surface area contributed by atoms with E-state index in [0.29, 0.717) is 18.0 Å². The SMILES string of the molecule is CN1CCCCN2[C@@H](CO)[C@H](c3ccc(Br)cc3)[C@@H]2C1. The van der Waals surface area contributed by atoms with Gasteiger partial charge in [0.15, 0.2) is 0 Å². The maximum atomic E-state index is 9.77. The summed E-state index contributed by atoms with van der Waals surface area (Å²) in [5.41, 5.74) is 1.36. The minimum atomic E-state index is 0.265. The molecule has 0 bridgehead atoms. The van der Waals surface area contributed by atoms with Crippen molar-refractivity contribution in [2.24, 2.45) is 0 Å². The van der Waals surface area contributed by atoms with Gasteiger partial charge in [0.1, 0.15) is 0 Å². The van der Waals surface area contributed by atoms with Gasteiger partial charge in [0.2, 0.25) is 0 Å². The molecule has 1 aromatic carbocycles. The zero-order chi connectivity index (χ0) is 14.1. The maximum absolute atomic E-state index is 9.77. The summed E-state index contributed by atoms with van der Waals surface area (Å²) in [7, 11) is 2.22. The van der Waals surface area contributed by atoms with Crippen molar-refractivity contribution in [2.75, 3.05) is 33.3 Å². The van der Waals surface area contributed by atoms with Crippen LogP contribution in [0.25, 0.3) is 0 Å². The first-order chi connectivity index (χ1) is 9.70. The molecule has 3 rings (SSSR count). The zero-order valence-electron chi connectivity index (χ0n) is 12.0. The highest BCUT2D eigenvalue weighted by Crippen LogP contribution is 2.41. The average molecular weight is 339 g/mol. The Hall–Kier alpha value is -0.420. The van der Waals surface area contributed by atoms with Gasteiger partial charge in [0.25, 0.3) is 0 Å². The van der Waals surface area contributed by atoms with Crippen molar-refractivity contribution in [1.29, 1.82) is 0 Å². The molecule has 20 heavy (non-hydrogen) atoms. The van der Waals surface area contributed by atoms with E-state index < -0.39 is 0 Å². The second kappa shape index (κ2) is 6.14. The third-order valence-electron chi connectivity index (χ3n) is 4.83. The van der Waals surface area contributed by atoms with Crippen molar-refractivity contribution in [3.63, 3.8) is 0 Å². The third-order valence-corrected chi connectivity index (χ3v) is 5.36. The second-order valence-corrected chi connectivity index (χ2v) is 7.02. The van der Waals surface area contributed by atoms with E-state index in [1.54, 1.807) is 0 Å². The van der Waals surface area contributed by atoms with Gasteiger partial charge < -0.3 is 10.0 Å². The van der Waals surface area contributed by atoms with Crippen molar-refractivity contribution < 1.29 is 5.11 Å². The van der Waals surface area contributed by atoms with Crippen LogP contribution in [0.1, 0.15) is 24.3 Å². The molecule has 1 N–H and O–H groups in total. The minimum Gasteiger partial charge on any atom is -0.395 e. The number of aliphatic hydroxyl groups is 1. The Balaban J connectivity index is 1.83. The Morgan fingerprint density at radius 2 is 1.90 bits per heavy atom. The summed E-state index contributed by atoms with van der Waals surface area (Å²) in [6, 6.07) is 9.48. The molecule has 4 heteroatoms. The van der Waals surface area contributed by atoms with Gasteiger partial charge in [0.05, 0.1) is 6.61 Å². The molecule has 1 aromatic rings. The molecular weight excluding hydrogens is 316 g/mol. The molecule has 0 aromatic heterocycles. The van der Waals surface area contributed by atoms with Crippen LogP contribution in [0, 0.1) is 0 Å². The van der Waals surface area contributed by atoms with E-state index in [-0.39, 0.29) is 6.61 Å². The van der Waals surface area contributed by atoms with Crippen LogP contribution in [0.15, 0.2) is 28.7 Å². The molecule has 0 amide bonds. The van der Waals surface area contributed by atoms with Crippen LogP contribution in [-0.2, 0) is 0 Å². The van der Waals surface area contributed by atoms with Gasteiger partial charge in [-0.2, -0.15) is 0 Å². The summed E-state index contributed by atoms with van der Waals surface area (Å²) < 4.78 is 1.12. The molecule has 0 unspecified atom stereocenters. The number of halogens is 1. The summed E-state index contributed by atoms with van der Waals surface area (Å²) in [5, 5.41) is 9.77. The number of fused-ring (bicyclic) bond motifs is 1. The monoisotopic (exact) mass is 338 g/mol. The molecule has 0 spiro atoms. The van der Waals surface area contributed by atoms with Crippen LogP contribution in [0.3, 0.4) is 0 Å². The smallest absolute Gasteiger partial charge is 0.0593 e. The summed E-state index contributed by atoms with van der Waals surface area (Å²) in [6.45, 7) is 3.70. The van der Waals surface area contributed by atoms with Crippen molar-refractivity contribution >= 4 is 15.9 Å². The van der Waals surface area contributed by atoms with Crippen LogP contribution in [0.2, 0.25) is 0 Å². The Kier molecular flexibility index (Phi) is 4.46. The van der Waals surface area contributed by atoms with Crippen LogP contribution in [-0.4, -0.2) is 60.3 Å². The summed E-state index contributed by atoms with van der Waals surface area (Å²) >= 11 is 3.50. The van der Waals surface area contributed by atoms with Crippen LogP contribution < -0.4 is 0 Å². The lowest BCUT2D eigenvalue weighted by atomic mass is 9.74. The zero-order valence-corrected chi connectivity index (χ0v) is 13.6. The maximum Gasteiger partial charge on any atom is 0.0593 e. The Morgan fingerprint density at radius 1 is 1.20 bits per heavy atom. The van der Waals surface area contributed by atoms with Gasteiger partial charge in [-0.3, -0.25) is 4.90 Å². The highest BCUT2D eigenvalue weighted by molar-refractivity contribution is 9.10. The Morgan fingerprint density at radius 3 is 2.60 bits per heavy atom. The molecule has 2 fully saturated rings. The molecule has 2 aliphatic heterocycles. The number of benzene rings is 1. The summed E-state index contributed by atoms with van der Waals surface area (Å²) in [5.74, 6) is 0.466. The fourth-order valence-electron chi connectivity index (χ4n) is 3.80. The van der Waals surface area contributed by atoms with Crippen molar-refractivity contribution in [1.82, 2.24) is 9.80 Å². The molecule has 2 heterocycles. The minimum absolute atomic E-state index is 0.265. The molecule has 3 atom stereocenters. The van der Waals surface area contributed by atoms with Gasteiger partial charge in [0, 0.05) is 29.0 Å².